The molecule has 3 rings (SSSR count). The molecule has 2 aromatic carbocycles. The number of hydrogen-bond acceptors (Lipinski definition) is 4. The molecule has 0 saturated carbocycles. The monoisotopic (exact) mass is 507 g/mol. The van der Waals surface area contributed by atoms with E-state index in [2.05, 4.69) is 17.2 Å². The zero-order chi connectivity index (χ0) is 25.3. The van der Waals surface area contributed by atoms with Gasteiger partial charge in [0.1, 0.15) is 16.5 Å². The normalized spacial score (nSPS) is 11.7. The average molecular weight is 508 g/mol. The van der Waals surface area contributed by atoms with E-state index in [0.29, 0.717) is 28.4 Å². The van der Waals surface area contributed by atoms with Crippen molar-refractivity contribution in [2.75, 3.05) is 6.54 Å². The summed E-state index contributed by atoms with van der Waals surface area (Å²) in [6.07, 6.45) is -0.238. The molecule has 0 atom stereocenters. The van der Waals surface area contributed by atoms with Crippen molar-refractivity contribution in [3.8, 4) is 0 Å². The molecule has 0 radical (unpaired) electrons. The maximum Gasteiger partial charge on any atom is 0.416 e. The second-order valence-electron chi connectivity index (χ2n) is 8.38. The molecular weight excluding hydrogens is 478 g/mol. The summed E-state index contributed by atoms with van der Waals surface area (Å²) in [4.78, 5) is 18.6. The van der Waals surface area contributed by atoms with Crippen molar-refractivity contribution in [1.82, 2.24) is 15.2 Å². The first-order chi connectivity index (χ1) is 16.8. The number of carbonyl (C=O) groups excluding carboxylic acids is 1. The molecule has 1 aromatic heterocycles. The highest BCUT2D eigenvalue weighted by Gasteiger charge is 2.30. The summed E-state index contributed by atoms with van der Waals surface area (Å²) in [6.45, 7) is 3.32. The number of carbonyl (C=O) groups is 1. The summed E-state index contributed by atoms with van der Waals surface area (Å²) in [6, 6.07) is 11.4. The predicted molar refractivity (Wildman–Crippen MR) is 129 cm³/mol. The van der Waals surface area contributed by atoms with Gasteiger partial charge in [0.25, 0.3) is 5.91 Å². The lowest BCUT2D eigenvalue weighted by atomic mass is 10.1. The third-order valence-corrected chi connectivity index (χ3v) is 6.30. The Balaban J connectivity index is 1.72. The molecule has 188 valence electrons. The maximum atomic E-state index is 14.3. The van der Waals surface area contributed by atoms with Gasteiger partial charge in [0.2, 0.25) is 0 Å². The van der Waals surface area contributed by atoms with E-state index in [4.69, 9.17) is 0 Å². The lowest BCUT2D eigenvalue weighted by Crippen LogP contribution is -2.25. The van der Waals surface area contributed by atoms with E-state index in [9.17, 15) is 22.4 Å². The minimum absolute atomic E-state index is 0.163. The molecule has 1 heterocycles. The maximum absolute atomic E-state index is 14.3. The molecule has 0 aliphatic rings. The Labute approximate surface area is 207 Å². The molecule has 35 heavy (non-hydrogen) atoms. The van der Waals surface area contributed by atoms with Crippen LogP contribution in [0.15, 0.2) is 53.9 Å². The fourth-order valence-electron chi connectivity index (χ4n) is 3.66. The van der Waals surface area contributed by atoms with Crippen LogP contribution in [0.3, 0.4) is 0 Å². The van der Waals surface area contributed by atoms with Gasteiger partial charge in [-0.3, -0.25) is 9.69 Å². The van der Waals surface area contributed by atoms with Crippen molar-refractivity contribution >= 4 is 17.2 Å². The van der Waals surface area contributed by atoms with Gasteiger partial charge in [-0.1, -0.05) is 62.6 Å². The number of hydrogen-bond donors (Lipinski definition) is 1. The van der Waals surface area contributed by atoms with Gasteiger partial charge in [-0.15, -0.1) is 11.3 Å². The van der Waals surface area contributed by atoms with Crippen LogP contribution < -0.4 is 5.32 Å². The molecule has 0 fully saturated rings. The third-order valence-electron chi connectivity index (χ3n) is 5.47. The second-order valence-corrected chi connectivity index (χ2v) is 9.32. The van der Waals surface area contributed by atoms with Crippen molar-refractivity contribution in [3.05, 3.63) is 87.1 Å². The minimum Gasteiger partial charge on any atom is -0.351 e. The molecule has 3 aromatic rings. The lowest BCUT2D eigenvalue weighted by Gasteiger charge is -2.22. The van der Waals surface area contributed by atoms with Crippen LogP contribution >= 0.6 is 11.3 Å². The van der Waals surface area contributed by atoms with Crippen molar-refractivity contribution in [2.45, 2.75) is 58.4 Å². The number of nitrogens with one attached hydrogen (secondary N) is 1. The molecular formula is C26H29F4N3OS. The summed E-state index contributed by atoms with van der Waals surface area (Å²) >= 11 is 1.30. The van der Waals surface area contributed by atoms with Crippen molar-refractivity contribution < 1.29 is 22.4 Å². The van der Waals surface area contributed by atoms with E-state index in [1.54, 1.807) is 29.6 Å². The zero-order valence-electron chi connectivity index (χ0n) is 19.6. The molecule has 0 aliphatic heterocycles. The summed E-state index contributed by atoms with van der Waals surface area (Å²) < 4.78 is 53.8. The second kappa shape index (κ2) is 12.8. The smallest absolute Gasteiger partial charge is 0.351 e. The van der Waals surface area contributed by atoms with Gasteiger partial charge in [-0.05, 0) is 24.1 Å². The molecule has 0 unspecified atom stereocenters. The van der Waals surface area contributed by atoms with Gasteiger partial charge in [-0.25, -0.2) is 9.37 Å². The largest absolute Gasteiger partial charge is 0.416 e. The van der Waals surface area contributed by atoms with E-state index < -0.39 is 11.7 Å². The highest BCUT2D eigenvalue weighted by molar-refractivity contribution is 7.09. The summed E-state index contributed by atoms with van der Waals surface area (Å²) in [5.74, 6) is -0.633. The number of halogens is 4. The standard InChI is InChI=1S/C26H29F4N3OS/c1-2-3-4-7-13-31-25(34)23-18-35-24(32-23)17-33(16-20-10-5-6-12-22(20)27)15-19-9-8-11-21(14-19)26(28,29)30/h5-6,8-12,14,18H,2-4,7,13,15-17H2,1H3,(H,31,34). The highest BCUT2D eigenvalue weighted by atomic mass is 32.1. The molecule has 0 saturated heterocycles. The zero-order valence-corrected chi connectivity index (χ0v) is 20.4. The molecule has 0 spiro atoms. The number of unbranched alkanes of at least 4 members (excludes halogenated alkanes) is 3. The highest BCUT2D eigenvalue weighted by Crippen LogP contribution is 2.30. The molecule has 1 amide bonds. The van der Waals surface area contributed by atoms with E-state index in [1.807, 2.05) is 4.90 Å². The van der Waals surface area contributed by atoms with Crippen molar-refractivity contribution in [3.63, 3.8) is 0 Å². The Hall–Kier alpha value is -2.78. The number of amides is 1. The molecule has 0 bridgehead atoms. The van der Waals surface area contributed by atoms with E-state index >= 15 is 0 Å². The molecule has 4 nitrogen and oxygen atoms in total. The first kappa shape index (κ1) is 26.8. The lowest BCUT2D eigenvalue weighted by molar-refractivity contribution is -0.137. The summed E-state index contributed by atoms with van der Waals surface area (Å²) in [5, 5.41) is 5.17. The van der Waals surface area contributed by atoms with Crippen LogP contribution in [0.5, 0.6) is 0 Å². The first-order valence-corrected chi connectivity index (χ1v) is 12.5. The Bertz CT molecular complexity index is 1100. The number of alkyl halides is 3. The van der Waals surface area contributed by atoms with Gasteiger partial charge in [-0.2, -0.15) is 13.2 Å². The quantitative estimate of drug-likeness (QED) is 0.216. The van der Waals surface area contributed by atoms with Crippen LogP contribution in [0.4, 0.5) is 17.6 Å². The van der Waals surface area contributed by atoms with E-state index in [-0.39, 0.29) is 31.4 Å². The Morgan fingerprint density at radius 3 is 2.57 bits per heavy atom. The van der Waals surface area contributed by atoms with Crippen LogP contribution in [-0.4, -0.2) is 22.3 Å². The molecule has 0 aliphatic carbocycles. The first-order valence-electron chi connectivity index (χ1n) is 11.6. The average Bonchev–Trinajstić information content (AvgIpc) is 3.28. The molecule has 9 heteroatoms. The van der Waals surface area contributed by atoms with Crippen LogP contribution in [0.1, 0.15) is 64.8 Å². The number of thiazole rings is 1. The number of rotatable bonds is 12. The Morgan fingerprint density at radius 1 is 1.03 bits per heavy atom. The predicted octanol–water partition coefficient (Wildman–Crippen LogP) is 6.81. The van der Waals surface area contributed by atoms with E-state index in [1.165, 1.54) is 23.5 Å². The van der Waals surface area contributed by atoms with Gasteiger partial charge in [0, 0.05) is 30.6 Å². The van der Waals surface area contributed by atoms with Crippen LogP contribution in [0, 0.1) is 5.82 Å². The van der Waals surface area contributed by atoms with Crippen molar-refractivity contribution in [2.24, 2.45) is 0 Å². The Kier molecular flexibility index (Phi) is 9.80. The number of nitrogens with zero attached hydrogens (tertiary/aromatic N) is 2. The van der Waals surface area contributed by atoms with Crippen LogP contribution in [0.2, 0.25) is 0 Å². The topological polar surface area (TPSA) is 45.2 Å². The van der Waals surface area contributed by atoms with Crippen LogP contribution in [-0.2, 0) is 25.8 Å². The fraction of sp³-hybridized carbons (Fsp3) is 0.385. The van der Waals surface area contributed by atoms with Crippen LogP contribution in [0.25, 0.3) is 0 Å². The Morgan fingerprint density at radius 2 is 1.83 bits per heavy atom. The molecule has 1 N–H and O–H groups in total. The number of benzene rings is 2. The SMILES string of the molecule is CCCCCCNC(=O)c1csc(CN(Cc2cccc(C(F)(F)F)c2)Cc2ccccc2F)n1. The van der Waals surface area contributed by atoms with Gasteiger partial charge >= 0.3 is 6.18 Å². The third kappa shape index (κ3) is 8.43. The number of aromatic nitrogens is 1. The summed E-state index contributed by atoms with van der Waals surface area (Å²) in [5.41, 5.74) is 0.470. The summed E-state index contributed by atoms with van der Waals surface area (Å²) in [7, 11) is 0. The van der Waals surface area contributed by atoms with E-state index in [0.717, 1.165) is 37.8 Å². The van der Waals surface area contributed by atoms with Crippen molar-refractivity contribution in [1.29, 1.82) is 0 Å². The van der Waals surface area contributed by atoms with Gasteiger partial charge in [0.05, 0.1) is 12.1 Å². The fourth-order valence-corrected chi connectivity index (χ4v) is 4.48. The van der Waals surface area contributed by atoms with Gasteiger partial charge in [0.15, 0.2) is 0 Å². The van der Waals surface area contributed by atoms with Gasteiger partial charge < -0.3 is 5.32 Å². The minimum atomic E-state index is -4.44.